The van der Waals surface area contributed by atoms with E-state index in [0.29, 0.717) is 5.69 Å². The minimum Gasteiger partial charge on any atom is -0.478 e. The molecule has 2 aromatic carbocycles. The van der Waals surface area contributed by atoms with Gasteiger partial charge in [0, 0.05) is 5.69 Å². The summed E-state index contributed by atoms with van der Waals surface area (Å²) >= 11 is 0. The van der Waals surface area contributed by atoms with Crippen LogP contribution in [0.3, 0.4) is 0 Å². The van der Waals surface area contributed by atoms with E-state index in [0.717, 1.165) is 5.56 Å². The Hall–Kier alpha value is -2.33. The molecule has 0 amide bonds. The summed E-state index contributed by atoms with van der Waals surface area (Å²) in [5.74, 6) is -1.04. The molecule has 2 rings (SSSR count). The van der Waals surface area contributed by atoms with Gasteiger partial charge >= 0.3 is 5.97 Å². The molecule has 2 N–H and O–H groups in total. The summed E-state index contributed by atoms with van der Waals surface area (Å²) in [6.07, 6.45) is -1.07. The summed E-state index contributed by atoms with van der Waals surface area (Å²) in [6.45, 7) is 0.248. The van der Waals surface area contributed by atoms with Gasteiger partial charge in [0.2, 0.25) is 6.23 Å². The van der Waals surface area contributed by atoms with Crippen LogP contribution >= 0.6 is 0 Å². The summed E-state index contributed by atoms with van der Waals surface area (Å²) in [6, 6.07) is 18.6. The van der Waals surface area contributed by atoms with Crippen molar-refractivity contribution in [3.05, 3.63) is 66.2 Å². The highest BCUT2D eigenvalue weighted by atomic mass is 16.5. The highest BCUT2D eigenvalue weighted by Crippen LogP contribution is 2.10. The van der Waals surface area contributed by atoms with Crippen LogP contribution in [0.5, 0.6) is 0 Å². The van der Waals surface area contributed by atoms with Gasteiger partial charge in [-0.2, -0.15) is 0 Å². The number of carbonyl (C=O) groups is 1. The minimum absolute atomic E-state index is 0.248. The Labute approximate surface area is 111 Å². The molecule has 0 bridgehead atoms. The fraction of sp³-hybridized carbons (Fsp3) is 0.133. The second-order valence-corrected chi connectivity index (χ2v) is 4.03. The number of benzene rings is 2. The van der Waals surface area contributed by atoms with E-state index in [1.54, 1.807) is 12.1 Å². The summed E-state index contributed by atoms with van der Waals surface area (Å²) in [4.78, 5) is 11.1. The number of rotatable bonds is 6. The van der Waals surface area contributed by atoms with Crippen LogP contribution in [0.2, 0.25) is 0 Å². The lowest BCUT2D eigenvalue weighted by Gasteiger charge is -2.16. The highest BCUT2D eigenvalue weighted by molar-refractivity contribution is 5.75. The Morgan fingerprint density at radius 1 is 1.05 bits per heavy atom. The number of para-hydroxylation sites is 1. The normalized spacial score (nSPS) is 11.8. The fourth-order valence-corrected chi connectivity index (χ4v) is 1.61. The molecule has 4 heteroatoms. The number of anilines is 1. The van der Waals surface area contributed by atoms with Crippen molar-refractivity contribution in [1.29, 1.82) is 0 Å². The van der Waals surface area contributed by atoms with E-state index in [9.17, 15) is 4.79 Å². The molecule has 0 spiro atoms. The first-order valence-corrected chi connectivity index (χ1v) is 5.95. The predicted octanol–water partition coefficient (Wildman–Crippen LogP) is 2.73. The van der Waals surface area contributed by atoms with Gasteiger partial charge in [0.15, 0.2) is 0 Å². The van der Waals surface area contributed by atoms with Gasteiger partial charge in [0.25, 0.3) is 0 Å². The Balaban J connectivity index is 1.95. The number of ether oxygens (including phenoxy) is 1. The van der Waals surface area contributed by atoms with E-state index in [1.165, 1.54) is 0 Å². The topological polar surface area (TPSA) is 58.6 Å². The Morgan fingerprint density at radius 2 is 1.63 bits per heavy atom. The van der Waals surface area contributed by atoms with Gasteiger partial charge in [0.05, 0.1) is 6.61 Å². The lowest BCUT2D eigenvalue weighted by atomic mass is 10.2. The molecule has 2 aromatic rings. The van der Waals surface area contributed by atoms with Gasteiger partial charge in [0.1, 0.15) is 0 Å². The highest BCUT2D eigenvalue weighted by Gasteiger charge is 2.17. The Bertz CT molecular complexity index is 513. The number of carboxylic acid groups (broad SMARTS) is 1. The Morgan fingerprint density at radius 3 is 2.21 bits per heavy atom. The molecule has 0 saturated carbocycles. The number of aliphatic carboxylic acids is 1. The number of hydrogen-bond donors (Lipinski definition) is 2. The third kappa shape index (κ3) is 4.12. The van der Waals surface area contributed by atoms with Crippen molar-refractivity contribution < 1.29 is 14.6 Å². The van der Waals surface area contributed by atoms with Crippen LogP contribution in [0.15, 0.2) is 60.7 Å². The molecule has 0 aliphatic rings. The average molecular weight is 257 g/mol. The third-order valence-corrected chi connectivity index (χ3v) is 2.56. The summed E-state index contributed by atoms with van der Waals surface area (Å²) in [5.41, 5.74) is 1.64. The van der Waals surface area contributed by atoms with Gasteiger partial charge in [-0.05, 0) is 17.7 Å². The van der Waals surface area contributed by atoms with Gasteiger partial charge in [-0.3, -0.25) is 0 Å². The second kappa shape index (κ2) is 6.56. The maximum Gasteiger partial charge on any atom is 0.354 e. The summed E-state index contributed by atoms with van der Waals surface area (Å²) in [5, 5.41) is 12.0. The molecule has 0 aromatic heterocycles. The quantitative estimate of drug-likeness (QED) is 0.781. The van der Waals surface area contributed by atoms with Crippen molar-refractivity contribution in [3.8, 4) is 0 Å². The van der Waals surface area contributed by atoms with Gasteiger partial charge in [-0.15, -0.1) is 0 Å². The van der Waals surface area contributed by atoms with Crippen LogP contribution in [0.25, 0.3) is 0 Å². The van der Waals surface area contributed by atoms with Gasteiger partial charge in [-0.1, -0.05) is 48.5 Å². The zero-order valence-corrected chi connectivity index (χ0v) is 10.3. The van der Waals surface area contributed by atoms with Crippen molar-refractivity contribution in [3.63, 3.8) is 0 Å². The monoisotopic (exact) mass is 257 g/mol. The van der Waals surface area contributed by atoms with Gasteiger partial charge in [-0.25, -0.2) is 4.79 Å². The molecule has 0 fully saturated rings. The van der Waals surface area contributed by atoms with Crippen molar-refractivity contribution in [2.45, 2.75) is 12.8 Å². The van der Waals surface area contributed by atoms with E-state index in [4.69, 9.17) is 9.84 Å². The molecule has 1 atom stereocenters. The first kappa shape index (κ1) is 13.1. The van der Waals surface area contributed by atoms with E-state index in [-0.39, 0.29) is 6.61 Å². The fourth-order valence-electron chi connectivity index (χ4n) is 1.61. The van der Waals surface area contributed by atoms with E-state index < -0.39 is 12.2 Å². The SMILES string of the molecule is O=C(O)C(Nc1ccccc1)OCc1ccccc1. The molecular formula is C15H15NO3. The largest absolute Gasteiger partial charge is 0.478 e. The van der Waals surface area contributed by atoms with E-state index in [2.05, 4.69) is 5.32 Å². The van der Waals surface area contributed by atoms with Gasteiger partial charge < -0.3 is 15.2 Å². The maximum atomic E-state index is 11.1. The number of hydrogen-bond acceptors (Lipinski definition) is 3. The summed E-state index contributed by atoms with van der Waals surface area (Å²) in [7, 11) is 0. The molecule has 98 valence electrons. The molecule has 0 heterocycles. The lowest BCUT2D eigenvalue weighted by Crippen LogP contribution is -2.32. The smallest absolute Gasteiger partial charge is 0.354 e. The Kier molecular flexibility index (Phi) is 4.53. The standard InChI is InChI=1S/C15H15NO3/c17-15(18)14(16-13-9-5-2-6-10-13)19-11-12-7-3-1-4-8-12/h1-10,14,16H,11H2,(H,17,18). The molecule has 19 heavy (non-hydrogen) atoms. The van der Waals surface area contributed by atoms with Crippen molar-refractivity contribution >= 4 is 11.7 Å². The maximum absolute atomic E-state index is 11.1. The average Bonchev–Trinajstić information content (AvgIpc) is 2.45. The molecule has 1 unspecified atom stereocenters. The van der Waals surface area contributed by atoms with E-state index >= 15 is 0 Å². The first-order valence-electron chi connectivity index (χ1n) is 5.95. The van der Waals surface area contributed by atoms with Crippen LogP contribution in [0, 0.1) is 0 Å². The molecule has 0 aliphatic carbocycles. The van der Waals surface area contributed by atoms with Crippen LogP contribution in [0.1, 0.15) is 5.56 Å². The number of carboxylic acids is 1. The molecule has 0 aliphatic heterocycles. The molecule has 0 radical (unpaired) electrons. The first-order chi connectivity index (χ1) is 9.25. The lowest BCUT2D eigenvalue weighted by molar-refractivity contribution is -0.149. The van der Waals surface area contributed by atoms with Crippen molar-refractivity contribution in [1.82, 2.24) is 0 Å². The van der Waals surface area contributed by atoms with Crippen LogP contribution < -0.4 is 5.32 Å². The summed E-state index contributed by atoms with van der Waals surface area (Å²) < 4.78 is 5.38. The molecular weight excluding hydrogens is 242 g/mol. The van der Waals surface area contributed by atoms with Crippen LogP contribution in [0.4, 0.5) is 5.69 Å². The zero-order valence-electron chi connectivity index (χ0n) is 10.3. The predicted molar refractivity (Wildman–Crippen MR) is 72.7 cm³/mol. The van der Waals surface area contributed by atoms with Crippen LogP contribution in [-0.2, 0) is 16.1 Å². The van der Waals surface area contributed by atoms with Crippen molar-refractivity contribution in [2.75, 3.05) is 5.32 Å². The van der Waals surface area contributed by atoms with Crippen molar-refractivity contribution in [2.24, 2.45) is 0 Å². The number of nitrogens with one attached hydrogen (secondary N) is 1. The minimum atomic E-state index is -1.07. The molecule has 4 nitrogen and oxygen atoms in total. The van der Waals surface area contributed by atoms with Crippen LogP contribution in [-0.4, -0.2) is 17.3 Å². The third-order valence-electron chi connectivity index (χ3n) is 2.56. The second-order valence-electron chi connectivity index (χ2n) is 4.03. The molecule has 0 saturated heterocycles. The zero-order chi connectivity index (χ0) is 13.5. The van der Waals surface area contributed by atoms with E-state index in [1.807, 2.05) is 48.5 Å².